The molecule has 1 aromatic heterocycles. The summed E-state index contributed by atoms with van der Waals surface area (Å²) in [7, 11) is 0. The van der Waals surface area contributed by atoms with Crippen molar-refractivity contribution < 1.29 is 23.9 Å². The van der Waals surface area contributed by atoms with Gasteiger partial charge < -0.3 is 19.9 Å². The van der Waals surface area contributed by atoms with Gasteiger partial charge in [0.2, 0.25) is 11.7 Å². The molecule has 1 aromatic carbocycles. The van der Waals surface area contributed by atoms with Gasteiger partial charge in [0.05, 0.1) is 31.3 Å². The van der Waals surface area contributed by atoms with Crippen molar-refractivity contribution in [1.82, 2.24) is 4.98 Å². The van der Waals surface area contributed by atoms with Gasteiger partial charge >= 0.3 is 11.8 Å². The highest BCUT2D eigenvalue weighted by Crippen LogP contribution is 2.37. The number of aromatic nitrogens is 1. The largest absolute Gasteiger partial charge is 0.494 e. The van der Waals surface area contributed by atoms with E-state index in [9.17, 15) is 14.9 Å². The van der Waals surface area contributed by atoms with Crippen LogP contribution in [0.4, 0.5) is 22.0 Å². The lowest BCUT2D eigenvalue weighted by Crippen LogP contribution is -2.32. The third-order valence-electron chi connectivity index (χ3n) is 4.92. The van der Waals surface area contributed by atoms with Crippen molar-refractivity contribution >= 4 is 23.3 Å². The van der Waals surface area contributed by atoms with Crippen LogP contribution in [0.25, 0.3) is 0 Å². The highest BCUT2D eigenvalue weighted by Gasteiger charge is 2.30. The number of hydrogen-bond acceptors (Lipinski definition) is 8. The molecule has 1 atom stereocenters. The highest BCUT2D eigenvalue weighted by atomic mass is 16.6. The lowest BCUT2D eigenvalue weighted by atomic mass is 10.1. The summed E-state index contributed by atoms with van der Waals surface area (Å²) in [5, 5.41) is 11.7. The number of benzene rings is 1. The summed E-state index contributed by atoms with van der Waals surface area (Å²) in [6.45, 7) is 4.75. The van der Waals surface area contributed by atoms with Gasteiger partial charge in [-0.25, -0.2) is 4.79 Å². The molecule has 10 heteroatoms. The number of ether oxygens (including phenoxy) is 3. The van der Waals surface area contributed by atoms with E-state index in [4.69, 9.17) is 19.9 Å². The van der Waals surface area contributed by atoms with Crippen LogP contribution in [0, 0.1) is 16.0 Å². The smallest absolute Gasteiger partial charge is 0.414 e. The molecule has 3 rings (SSSR count). The minimum atomic E-state index is -0.744. The van der Waals surface area contributed by atoms with Gasteiger partial charge in [-0.2, -0.15) is 4.98 Å². The minimum Gasteiger partial charge on any atom is -0.494 e. The second-order valence-electron chi connectivity index (χ2n) is 7.28. The monoisotopic (exact) mass is 430 g/mol. The Kier molecular flexibility index (Phi) is 7.11. The zero-order valence-corrected chi connectivity index (χ0v) is 17.6. The molecule has 1 aliphatic rings. The maximum absolute atomic E-state index is 12.8. The van der Waals surface area contributed by atoms with E-state index in [0.717, 1.165) is 17.7 Å². The van der Waals surface area contributed by atoms with Crippen molar-refractivity contribution in [2.75, 3.05) is 30.5 Å². The molecule has 0 fully saturated rings. The Hall–Kier alpha value is -3.56. The maximum atomic E-state index is 12.8. The number of nitrogen functional groups attached to an aromatic ring is 1. The van der Waals surface area contributed by atoms with Crippen molar-refractivity contribution in [3.8, 4) is 11.6 Å². The first-order valence-electron chi connectivity index (χ1n) is 10.1. The number of nitrogens with two attached hydrogens (primary N) is 1. The van der Waals surface area contributed by atoms with Crippen LogP contribution in [0.5, 0.6) is 11.6 Å². The molecule has 0 saturated carbocycles. The standard InChI is InChI=1S/C21H26N4O6/c1-3-29-21(26)24-13-15-5-4-6-16(11-15)30-9-7-14(2)8-10-31-18-12-17(24)19(25(27)28)20(22)23-18/h4-6,11-12,14H,3,7-10,13H2,1-2H3,(H2,22,23). The first-order chi connectivity index (χ1) is 14.9. The Morgan fingerprint density at radius 3 is 2.77 bits per heavy atom. The number of nitrogens with zero attached hydrogens (tertiary/aromatic N) is 3. The fourth-order valence-electron chi connectivity index (χ4n) is 3.24. The topological polar surface area (TPSA) is 130 Å². The molecule has 1 aliphatic heterocycles. The summed E-state index contributed by atoms with van der Waals surface area (Å²) in [4.78, 5) is 29.0. The molecule has 166 valence electrons. The van der Waals surface area contributed by atoms with Gasteiger partial charge in [0.1, 0.15) is 11.4 Å². The normalized spacial score (nSPS) is 16.8. The number of amides is 1. The van der Waals surface area contributed by atoms with E-state index >= 15 is 0 Å². The average molecular weight is 430 g/mol. The summed E-state index contributed by atoms with van der Waals surface area (Å²) < 4.78 is 16.7. The Morgan fingerprint density at radius 1 is 1.32 bits per heavy atom. The molecule has 1 unspecified atom stereocenters. The number of hydrogen-bond donors (Lipinski definition) is 1. The molecule has 0 radical (unpaired) electrons. The van der Waals surface area contributed by atoms with E-state index in [1.165, 1.54) is 6.07 Å². The molecule has 4 bridgehead atoms. The Bertz CT molecular complexity index is 951. The third-order valence-corrected chi connectivity index (χ3v) is 4.92. The molecule has 2 aromatic rings. The van der Waals surface area contributed by atoms with E-state index in [2.05, 4.69) is 11.9 Å². The molecule has 31 heavy (non-hydrogen) atoms. The van der Waals surface area contributed by atoms with Gasteiger partial charge in [-0.15, -0.1) is 0 Å². The maximum Gasteiger partial charge on any atom is 0.414 e. The lowest BCUT2D eigenvalue weighted by Gasteiger charge is -2.23. The quantitative estimate of drug-likeness (QED) is 0.560. The van der Waals surface area contributed by atoms with Crippen LogP contribution in [0.2, 0.25) is 0 Å². The van der Waals surface area contributed by atoms with Crippen LogP contribution in [0.1, 0.15) is 32.3 Å². The number of fused-ring (bicyclic) bond motifs is 4. The van der Waals surface area contributed by atoms with Gasteiger partial charge in [-0.3, -0.25) is 15.0 Å². The van der Waals surface area contributed by atoms with Crippen LogP contribution in [-0.4, -0.2) is 35.8 Å². The molecule has 10 nitrogen and oxygen atoms in total. The molecule has 0 spiro atoms. The fraction of sp³-hybridized carbons (Fsp3) is 0.429. The predicted molar refractivity (Wildman–Crippen MR) is 114 cm³/mol. The molecule has 1 amide bonds. The second kappa shape index (κ2) is 9.96. The van der Waals surface area contributed by atoms with Gasteiger partial charge in [0, 0.05) is 6.07 Å². The van der Waals surface area contributed by atoms with Crippen LogP contribution >= 0.6 is 0 Å². The number of rotatable bonds is 2. The summed E-state index contributed by atoms with van der Waals surface area (Å²) in [5.41, 5.74) is 6.08. The number of pyridine rings is 1. The van der Waals surface area contributed by atoms with Crippen LogP contribution in [0.15, 0.2) is 30.3 Å². The van der Waals surface area contributed by atoms with Crippen LogP contribution in [-0.2, 0) is 11.3 Å². The predicted octanol–water partition coefficient (Wildman–Crippen LogP) is 3.92. The number of carbonyl (C=O) groups is 1. The van der Waals surface area contributed by atoms with Gasteiger partial charge in [0.15, 0.2) is 0 Å². The van der Waals surface area contributed by atoms with E-state index < -0.39 is 16.7 Å². The van der Waals surface area contributed by atoms with Gasteiger partial charge in [-0.05, 0) is 43.4 Å². The molecular formula is C21H26N4O6. The first-order valence-corrected chi connectivity index (χ1v) is 10.1. The summed E-state index contributed by atoms with van der Waals surface area (Å²) in [6, 6.07) is 8.59. The fourth-order valence-corrected chi connectivity index (χ4v) is 3.24. The third kappa shape index (κ3) is 5.53. The molecular weight excluding hydrogens is 404 g/mol. The molecule has 0 saturated heterocycles. The molecule has 2 N–H and O–H groups in total. The van der Waals surface area contributed by atoms with E-state index in [-0.39, 0.29) is 30.5 Å². The van der Waals surface area contributed by atoms with Gasteiger partial charge in [-0.1, -0.05) is 19.1 Å². The van der Waals surface area contributed by atoms with Crippen molar-refractivity contribution in [2.24, 2.45) is 5.92 Å². The summed E-state index contributed by atoms with van der Waals surface area (Å²) in [6.07, 6.45) is 0.828. The Balaban J connectivity index is 2.12. The van der Waals surface area contributed by atoms with E-state index in [0.29, 0.717) is 30.4 Å². The summed E-state index contributed by atoms with van der Waals surface area (Å²) >= 11 is 0. The van der Waals surface area contributed by atoms with E-state index in [1.54, 1.807) is 25.1 Å². The van der Waals surface area contributed by atoms with Gasteiger partial charge in [0.25, 0.3) is 0 Å². The van der Waals surface area contributed by atoms with E-state index in [1.807, 2.05) is 6.07 Å². The average Bonchev–Trinajstić information content (AvgIpc) is 2.71. The SMILES string of the molecule is CCOC(=O)N1Cc2cccc(c2)OCCC(C)CCOc2cc1c([N+](=O)[O-])c(N)n2. The molecule has 2 heterocycles. The van der Waals surface area contributed by atoms with Crippen molar-refractivity contribution in [2.45, 2.75) is 33.2 Å². The highest BCUT2D eigenvalue weighted by molar-refractivity contribution is 5.92. The Labute approximate surface area is 180 Å². The van der Waals surface area contributed by atoms with Crippen molar-refractivity contribution in [3.63, 3.8) is 0 Å². The molecule has 0 aliphatic carbocycles. The van der Waals surface area contributed by atoms with Crippen molar-refractivity contribution in [3.05, 3.63) is 46.0 Å². The lowest BCUT2D eigenvalue weighted by molar-refractivity contribution is -0.383. The van der Waals surface area contributed by atoms with Crippen molar-refractivity contribution in [1.29, 1.82) is 0 Å². The number of carbonyl (C=O) groups excluding carboxylic acids is 1. The first kappa shape index (κ1) is 22.1. The number of anilines is 2. The summed E-state index contributed by atoms with van der Waals surface area (Å²) in [5.74, 6) is 0.768. The zero-order chi connectivity index (χ0) is 22.4. The zero-order valence-electron chi connectivity index (χ0n) is 17.6. The van der Waals surface area contributed by atoms with Crippen LogP contribution in [0.3, 0.4) is 0 Å². The second-order valence-corrected chi connectivity index (χ2v) is 7.28. The Morgan fingerprint density at radius 2 is 2.06 bits per heavy atom. The van der Waals surface area contributed by atoms with Crippen LogP contribution < -0.4 is 20.1 Å². The number of nitro groups is 1. The minimum absolute atomic E-state index is 0.0101.